The van der Waals surface area contributed by atoms with Crippen molar-refractivity contribution in [2.24, 2.45) is 17.8 Å². The molecule has 2 aromatic rings. The van der Waals surface area contributed by atoms with Gasteiger partial charge in [0.1, 0.15) is 6.26 Å². The number of hydrogen-bond donors (Lipinski definition) is 2. The average Bonchev–Trinajstić information content (AvgIpc) is 3.31. The van der Waals surface area contributed by atoms with E-state index in [4.69, 9.17) is 4.42 Å². The molecule has 0 radical (unpaired) electrons. The lowest BCUT2D eigenvalue weighted by Crippen LogP contribution is -2.45. The van der Waals surface area contributed by atoms with Crippen molar-refractivity contribution in [2.75, 3.05) is 6.61 Å². The SMILES string of the molecule is O=C(Cc1coc(-c2cccs2)n1)NC1C2CCC(C2)C1CO. The van der Waals surface area contributed by atoms with Gasteiger partial charge in [-0.3, -0.25) is 4.79 Å². The lowest BCUT2D eigenvalue weighted by atomic mass is 9.85. The van der Waals surface area contributed by atoms with Gasteiger partial charge in [0.15, 0.2) is 0 Å². The first kappa shape index (κ1) is 14.9. The number of carbonyl (C=O) groups excluding carboxylic acids is 1. The first-order valence-corrected chi connectivity index (χ1v) is 9.01. The average molecular weight is 332 g/mol. The Labute approximate surface area is 138 Å². The molecule has 0 aromatic carbocycles. The van der Waals surface area contributed by atoms with Gasteiger partial charge in [0.2, 0.25) is 11.8 Å². The maximum absolute atomic E-state index is 12.3. The molecular weight excluding hydrogens is 312 g/mol. The maximum Gasteiger partial charge on any atom is 0.236 e. The van der Waals surface area contributed by atoms with Crippen molar-refractivity contribution in [1.82, 2.24) is 10.3 Å². The molecule has 2 aliphatic carbocycles. The Hall–Kier alpha value is -1.66. The van der Waals surface area contributed by atoms with E-state index >= 15 is 0 Å². The second-order valence-corrected chi connectivity index (χ2v) is 7.52. The summed E-state index contributed by atoms with van der Waals surface area (Å²) in [5, 5.41) is 14.7. The minimum Gasteiger partial charge on any atom is -0.444 e. The highest BCUT2D eigenvalue weighted by atomic mass is 32.1. The highest BCUT2D eigenvalue weighted by Gasteiger charge is 2.47. The van der Waals surface area contributed by atoms with Crippen molar-refractivity contribution in [2.45, 2.75) is 31.7 Å². The Morgan fingerprint density at radius 1 is 1.43 bits per heavy atom. The van der Waals surface area contributed by atoms with Crippen LogP contribution in [0.3, 0.4) is 0 Å². The summed E-state index contributed by atoms with van der Waals surface area (Å²) in [7, 11) is 0. The van der Waals surface area contributed by atoms with Gasteiger partial charge in [-0.2, -0.15) is 0 Å². The van der Waals surface area contributed by atoms with Crippen LogP contribution in [-0.2, 0) is 11.2 Å². The van der Waals surface area contributed by atoms with Gasteiger partial charge < -0.3 is 14.8 Å². The molecule has 5 nitrogen and oxygen atoms in total. The number of nitrogens with one attached hydrogen (secondary N) is 1. The zero-order valence-corrected chi connectivity index (χ0v) is 13.6. The number of nitrogens with zero attached hydrogens (tertiary/aromatic N) is 1. The van der Waals surface area contributed by atoms with Crippen LogP contribution < -0.4 is 5.32 Å². The Morgan fingerprint density at radius 3 is 3.09 bits per heavy atom. The summed E-state index contributed by atoms with van der Waals surface area (Å²) in [5.74, 6) is 1.85. The summed E-state index contributed by atoms with van der Waals surface area (Å²) in [5.41, 5.74) is 0.648. The number of carbonyl (C=O) groups is 1. The van der Waals surface area contributed by atoms with Crippen LogP contribution in [0, 0.1) is 17.8 Å². The molecule has 2 aliphatic rings. The van der Waals surface area contributed by atoms with Crippen LogP contribution in [0.1, 0.15) is 25.0 Å². The van der Waals surface area contributed by atoms with E-state index < -0.39 is 0 Å². The molecule has 2 N–H and O–H groups in total. The number of fused-ring (bicyclic) bond motifs is 2. The van der Waals surface area contributed by atoms with E-state index in [1.54, 1.807) is 17.6 Å². The highest BCUT2D eigenvalue weighted by molar-refractivity contribution is 7.13. The molecule has 0 aliphatic heterocycles. The Morgan fingerprint density at radius 2 is 2.30 bits per heavy atom. The van der Waals surface area contributed by atoms with Gasteiger partial charge in [0.05, 0.1) is 17.0 Å². The summed E-state index contributed by atoms with van der Waals surface area (Å²) in [6.45, 7) is 0.165. The molecule has 2 heterocycles. The van der Waals surface area contributed by atoms with Crippen LogP contribution in [0.5, 0.6) is 0 Å². The number of aliphatic hydroxyl groups excluding tert-OH is 1. The van der Waals surface area contributed by atoms with Crippen molar-refractivity contribution in [3.05, 3.63) is 29.5 Å². The van der Waals surface area contributed by atoms with E-state index in [0.717, 1.165) is 11.3 Å². The van der Waals surface area contributed by atoms with Crippen molar-refractivity contribution in [1.29, 1.82) is 0 Å². The Bertz CT molecular complexity index is 682. The van der Waals surface area contributed by atoms with Crippen molar-refractivity contribution < 1.29 is 14.3 Å². The second-order valence-electron chi connectivity index (χ2n) is 6.57. The highest BCUT2D eigenvalue weighted by Crippen LogP contribution is 2.48. The van der Waals surface area contributed by atoms with Gasteiger partial charge in [0.25, 0.3) is 0 Å². The number of aliphatic hydroxyl groups is 1. The molecule has 4 atom stereocenters. The lowest BCUT2D eigenvalue weighted by molar-refractivity contribution is -0.122. The number of rotatable bonds is 5. The molecule has 0 spiro atoms. The molecular formula is C17H20N2O3S. The molecule has 4 unspecified atom stereocenters. The first-order valence-electron chi connectivity index (χ1n) is 8.13. The fraction of sp³-hybridized carbons (Fsp3) is 0.529. The molecule has 6 heteroatoms. The lowest BCUT2D eigenvalue weighted by Gasteiger charge is -2.30. The predicted octanol–water partition coefficient (Wildman–Crippen LogP) is 2.47. The number of hydrogen-bond acceptors (Lipinski definition) is 5. The number of oxazole rings is 1. The molecule has 1 amide bonds. The number of aromatic nitrogens is 1. The van der Waals surface area contributed by atoms with Crippen LogP contribution in [0.15, 0.2) is 28.2 Å². The zero-order chi connectivity index (χ0) is 15.8. The van der Waals surface area contributed by atoms with Crippen molar-refractivity contribution in [3.63, 3.8) is 0 Å². The summed E-state index contributed by atoms with van der Waals surface area (Å²) in [6, 6.07) is 4.01. The minimum absolute atomic E-state index is 0.0352. The summed E-state index contributed by atoms with van der Waals surface area (Å²) in [4.78, 5) is 17.7. The van der Waals surface area contributed by atoms with Gasteiger partial charge in [-0.25, -0.2) is 4.98 Å². The normalized spacial score (nSPS) is 29.1. The first-order chi connectivity index (χ1) is 11.2. The van der Waals surface area contributed by atoms with E-state index in [-0.39, 0.29) is 30.9 Å². The van der Waals surface area contributed by atoms with Gasteiger partial charge in [0, 0.05) is 18.6 Å². The smallest absolute Gasteiger partial charge is 0.236 e. The van der Waals surface area contributed by atoms with Crippen LogP contribution in [-0.4, -0.2) is 28.6 Å². The quantitative estimate of drug-likeness (QED) is 0.882. The van der Waals surface area contributed by atoms with Crippen LogP contribution in [0.4, 0.5) is 0 Å². The van der Waals surface area contributed by atoms with E-state index in [9.17, 15) is 9.90 Å². The standard InChI is InChI=1S/C17H20N2O3S/c20-8-13-10-3-4-11(6-10)16(13)19-15(21)7-12-9-22-17(18-12)14-2-1-5-23-14/h1-2,5,9-11,13,16,20H,3-4,6-8H2,(H,19,21). The molecule has 2 fully saturated rings. The molecule has 0 saturated heterocycles. The van der Waals surface area contributed by atoms with Gasteiger partial charge >= 0.3 is 0 Å². The minimum atomic E-state index is -0.0352. The largest absolute Gasteiger partial charge is 0.444 e. The molecule has 4 rings (SSSR count). The van der Waals surface area contributed by atoms with Gasteiger partial charge in [-0.05, 0) is 42.5 Å². The third-order valence-electron chi connectivity index (χ3n) is 5.25. The van der Waals surface area contributed by atoms with Crippen LogP contribution >= 0.6 is 11.3 Å². The predicted molar refractivity (Wildman–Crippen MR) is 86.9 cm³/mol. The third-order valence-corrected chi connectivity index (χ3v) is 6.11. The third kappa shape index (κ3) is 2.81. The second kappa shape index (κ2) is 6.09. The van der Waals surface area contributed by atoms with Crippen LogP contribution in [0.2, 0.25) is 0 Å². The molecule has 2 aromatic heterocycles. The zero-order valence-electron chi connectivity index (χ0n) is 12.8. The van der Waals surface area contributed by atoms with Crippen LogP contribution in [0.25, 0.3) is 10.8 Å². The molecule has 122 valence electrons. The molecule has 2 bridgehead atoms. The fourth-order valence-corrected chi connectivity index (χ4v) is 4.86. The Balaban J connectivity index is 1.39. The van der Waals surface area contributed by atoms with Gasteiger partial charge in [-0.15, -0.1) is 11.3 Å². The van der Waals surface area contributed by atoms with Gasteiger partial charge in [-0.1, -0.05) is 6.07 Å². The topological polar surface area (TPSA) is 75.4 Å². The van der Waals surface area contributed by atoms with E-state index in [2.05, 4.69) is 10.3 Å². The molecule has 23 heavy (non-hydrogen) atoms. The summed E-state index contributed by atoms with van der Waals surface area (Å²) < 4.78 is 5.45. The Kier molecular flexibility index (Phi) is 3.95. The maximum atomic E-state index is 12.3. The van der Waals surface area contributed by atoms with E-state index in [0.29, 0.717) is 23.4 Å². The monoisotopic (exact) mass is 332 g/mol. The van der Waals surface area contributed by atoms with Crippen molar-refractivity contribution >= 4 is 17.2 Å². The fourth-order valence-electron chi connectivity index (χ4n) is 4.20. The summed E-state index contributed by atoms with van der Waals surface area (Å²) >= 11 is 1.56. The van der Waals surface area contributed by atoms with Crippen molar-refractivity contribution in [3.8, 4) is 10.8 Å². The number of amides is 1. The van der Waals surface area contributed by atoms with E-state index in [1.807, 2.05) is 17.5 Å². The molecule has 2 saturated carbocycles. The van der Waals surface area contributed by atoms with E-state index in [1.165, 1.54) is 12.8 Å². The number of thiophene rings is 1. The summed E-state index contributed by atoms with van der Waals surface area (Å²) in [6.07, 6.45) is 5.27.